The van der Waals surface area contributed by atoms with Gasteiger partial charge in [0.1, 0.15) is 0 Å². The van der Waals surface area contributed by atoms with Crippen LogP contribution in [0.4, 0.5) is 0 Å². The molecule has 0 bridgehead atoms. The third kappa shape index (κ3) is 1.29. The Morgan fingerprint density at radius 1 is 0.895 bits per heavy atom. The van der Waals surface area contributed by atoms with Crippen molar-refractivity contribution in [3.8, 4) is 0 Å². The molecule has 1 aromatic carbocycles. The Morgan fingerprint density at radius 2 is 1.32 bits per heavy atom. The van der Waals surface area contributed by atoms with Crippen LogP contribution in [0.2, 0.25) is 0 Å². The summed E-state index contributed by atoms with van der Waals surface area (Å²) in [4.78, 5) is 49.0. The van der Waals surface area contributed by atoms with E-state index in [1.165, 1.54) is 19.2 Å². The molecule has 6 nitrogen and oxygen atoms in total. The van der Waals surface area contributed by atoms with Crippen molar-refractivity contribution >= 4 is 23.6 Å². The number of quaternary nitrogens is 1. The fraction of sp³-hybridized carbons (Fsp3) is 0.231. The van der Waals surface area contributed by atoms with E-state index in [0.717, 1.165) is 4.90 Å². The number of carbonyl (C=O) groups is 4. The highest BCUT2D eigenvalue weighted by Crippen LogP contribution is 2.27. The van der Waals surface area contributed by atoms with Crippen LogP contribution in [0.1, 0.15) is 48.4 Å². The van der Waals surface area contributed by atoms with Crippen molar-refractivity contribution in [2.75, 3.05) is 13.6 Å². The zero-order chi connectivity index (χ0) is 13.9. The maximum atomic E-state index is 12.0. The van der Waals surface area contributed by atoms with Crippen LogP contribution in [0.5, 0.6) is 0 Å². The van der Waals surface area contributed by atoms with E-state index in [1.54, 1.807) is 6.92 Å². The summed E-state index contributed by atoms with van der Waals surface area (Å²) in [6.45, 7) is 1.97. The van der Waals surface area contributed by atoms with Gasteiger partial charge in [-0.05, 0) is 19.1 Å². The van der Waals surface area contributed by atoms with Crippen molar-refractivity contribution < 1.29 is 24.1 Å². The molecular weight excluding hydrogens is 248 g/mol. The van der Waals surface area contributed by atoms with Crippen LogP contribution in [0.25, 0.3) is 0 Å². The minimum Gasteiger partial charge on any atom is -0.275 e. The number of hydrogen-bond acceptors (Lipinski definition) is 4. The Morgan fingerprint density at radius 3 is 1.68 bits per heavy atom. The van der Waals surface area contributed by atoms with Crippen LogP contribution in [0, 0.1) is 0 Å². The highest BCUT2D eigenvalue weighted by Gasteiger charge is 2.44. The number of nitrogens with zero attached hydrogens (tertiary/aromatic N) is 1. The lowest BCUT2D eigenvalue weighted by molar-refractivity contribution is -0.694. The molecule has 1 aromatic rings. The van der Waals surface area contributed by atoms with E-state index in [4.69, 9.17) is 0 Å². The standard InChI is InChI=1S/C13H10N2O4/c1-3-15-12(18)8-4-6-7(5-9(8)13(15)19)11(17)14(2)10(6)16/h4-5H,3H2,1-2H3/p+1. The number of fused-ring (bicyclic) bond motifs is 2. The van der Waals surface area contributed by atoms with Crippen LogP contribution in [0.15, 0.2) is 12.1 Å². The van der Waals surface area contributed by atoms with Crippen molar-refractivity contribution in [2.45, 2.75) is 6.92 Å². The molecule has 6 heteroatoms. The molecule has 0 aliphatic carbocycles. The summed E-state index contributed by atoms with van der Waals surface area (Å²) in [5.74, 6) is -1.54. The lowest BCUT2D eigenvalue weighted by atomic mass is 10.0. The molecule has 96 valence electrons. The topological polar surface area (TPSA) is 76.0 Å². The Kier molecular flexibility index (Phi) is 2.21. The van der Waals surface area contributed by atoms with E-state index in [1.807, 2.05) is 0 Å². The highest BCUT2D eigenvalue weighted by molar-refractivity contribution is 6.24. The number of imide groups is 2. The summed E-state index contributed by atoms with van der Waals surface area (Å²) in [6.07, 6.45) is 0. The number of carbonyl (C=O) groups excluding carboxylic acids is 4. The number of benzene rings is 1. The Hall–Kier alpha value is -2.34. The van der Waals surface area contributed by atoms with Crippen molar-refractivity contribution in [3.63, 3.8) is 0 Å². The van der Waals surface area contributed by atoms with Crippen molar-refractivity contribution in [3.05, 3.63) is 34.4 Å². The normalized spacial score (nSPS) is 18.3. The van der Waals surface area contributed by atoms with Crippen LogP contribution in [-0.4, -0.2) is 42.1 Å². The molecule has 0 spiro atoms. The van der Waals surface area contributed by atoms with Gasteiger partial charge in [0.2, 0.25) is 0 Å². The van der Waals surface area contributed by atoms with Gasteiger partial charge in [0, 0.05) is 6.54 Å². The van der Waals surface area contributed by atoms with Crippen molar-refractivity contribution in [2.24, 2.45) is 0 Å². The first-order chi connectivity index (χ1) is 8.97. The van der Waals surface area contributed by atoms with E-state index in [9.17, 15) is 19.2 Å². The average molecular weight is 259 g/mol. The molecule has 2 aliphatic rings. The zero-order valence-electron chi connectivity index (χ0n) is 10.4. The van der Waals surface area contributed by atoms with Crippen LogP contribution in [0.3, 0.4) is 0 Å². The summed E-state index contributed by atoms with van der Waals surface area (Å²) < 4.78 is 0. The summed E-state index contributed by atoms with van der Waals surface area (Å²) >= 11 is 0. The summed E-state index contributed by atoms with van der Waals surface area (Å²) in [5.41, 5.74) is 0.864. The molecule has 19 heavy (non-hydrogen) atoms. The molecule has 3 rings (SSSR count). The van der Waals surface area contributed by atoms with Crippen molar-refractivity contribution in [1.82, 2.24) is 4.90 Å². The lowest BCUT2D eigenvalue weighted by Gasteiger charge is -2.08. The minimum atomic E-state index is -0.407. The van der Waals surface area contributed by atoms with Gasteiger partial charge in [-0.2, -0.15) is 0 Å². The predicted octanol–water partition coefficient (Wildman–Crippen LogP) is -0.889. The molecule has 2 aliphatic heterocycles. The van der Waals surface area contributed by atoms with Gasteiger partial charge in [-0.1, -0.05) is 0 Å². The predicted molar refractivity (Wildman–Crippen MR) is 63.0 cm³/mol. The maximum absolute atomic E-state index is 12.0. The number of rotatable bonds is 1. The third-order valence-corrected chi connectivity index (χ3v) is 3.60. The molecule has 0 saturated heterocycles. The Labute approximate surface area is 108 Å². The first-order valence-corrected chi connectivity index (χ1v) is 5.94. The molecule has 4 amide bonds. The van der Waals surface area contributed by atoms with Gasteiger partial charge in [-0.3, -0.25) is 14.5 Å². The van der Waals surface area contributed by atoms with E-state index in [-0.39, 0.29) is 45.5 Å². The maximum Gasteiger partial charge on any atom is 0.352 e. The van der Waals surface area contributed by atoms with Gasteiger partial charge in [-0.15, -0.1) is 0 Å². The zero-order valence-corrected chi connectivity index (χ0v) is 10.4. The fourth-order valence-electron chi connectivity index (χ4n) is 2.51. The van der Waals surface area contributed by atoms with E-state index >= 15 is 0 Å². The number of hydrogen-bond donors (Lipinski definition) is 1. The quantitative estimate of drug-likeness (QED) is 0.664. The third-order valence-electron chi connectivity index (χ3n) is 3.60. The van der Waals surface area contributed by atoms with Crippen molar-refractivity contribution in [1.29, 1.82) is 0 Å². The van der Waals surface area contributed by atoms with Crippen LogP contribution >= 0.6 is 0 Å². The van der Waals surface area contributed by atoms with E-state index in [2.05, 4.69) is 0 Å². The molecular formula is C13H11N2O4+. The fourth-order valence-corrected chi connectivity index (χ4v) is 2.51. The molecule has 0 saturated carbocycles. The van der Waals surface area contributed by atoms with Gasteiger partial charge in [0.15, 0.2) is 0 Å². The summed E-state index contributed by atoms with van der Waals surface area (Å²) in [5, 5.41) is 0. The largest absolute Gasteiger partial charge is 0.352 e. The first-order valence-electron chi connectivity index (χ1n) is 5.94. The number of amides is 4. The molecule has 0 unspecified atom stereocenters. The van der Waals surface area contributed by atoms with Gasteiger partial charge in [0.05, 0.1) is 29.3 Å². The molecule has 2 heterocycles. The van der Waals surface area contributed by atoms with Gasteiger partial charge in [-0.25, -0.2) is 14.5 Å². The van der Waals surface area contributed by atoms with Crippen LogP contribution < -0.4 is 4.90 Å². The van der Waals surface area contributed by atoms with Gasteiger partial charge in [0.25, 0.3) is 11.8 Å². The Bertz CT molecular complexity index is 622. The number of nitrogens with one attached hydrogen (secondary N) is 1. The molecule has 0 radical (unpaired) electrons. The van der Waals surface area contributed by atoms with E-state index < -0.39 is 11.8 Å². The average Bonchev–Trinajstić information content (AvgIpc) is 2.77. The van der Waals surface area contributed by atoms with Gasteiger partial charge < -0.3 is 0 Å². The highest BCUT2D eigenvalue weighted by atomic mass is 16.2. The second-order valence-electron chi connectivity index (χ2n) is 4.58. The second kappa shape index (κ2) is 3.58. The summed E-state index contributed by atoms with van der Waals surface area (Å²) in [6, 6.07) is 2.74. The smallest absolute Gasteiger partial charge is 0.275 e. The SMILES string of the molecule is CCN1C(=O)c2cc3c(cc2C1=O)C(=O)[NH+](C)C3=O. The molecule has 0 aromatic heterocycles. The molecule has 1 N–H and O–H groups in total. The lowest BCUT2D eigenvalue weighted by Crippen LogP contribution is -3.12. The molecule has 0 atom stereocenters. The first kappa shape index (κ1) is 11.7. The van der Waals surface area contributed by atoms with Gasteiger partial charge >= 0.3 is 11.8 Å². The second-order valence-corrected chi connectivity index (χ2v) is 4.58. The minimum absolute atomic E-state index is 0.130. The monoisotopic (exact) mass is 259 g/mol. The van der Waals surface area contributed by atoms with E-state index in [0.29, 0.717) is 0 Å². The van der Waals surface area contributed by atoms with Crippen LogP contribution in [-0.2, 0) is 0 Å². The Balaban J connectivity index is 2.24. The summed E-state index contributed by atoms with van der Waals surface area (Å²) in [7, 11) is 1.46. The molecule has 0 fully saturated rings.